The van der Waals surface area contributed by atoms with Crippen molar-refractivity contribution in [3.05, 3.63) is 29.8 Å². The molecule has 28 heavy (non-hydrogen) atoms. The van der Waals surface area contributed by atoms with Crippen LogP contribution in [0.3, 0.4) is 0 Å². The van der Waals surface area contributed by atoms with E-state index < -0.39 is 48.8 Å². The molecule has 9 nitrogen and oxygen atoms in total. The highest BCUT2D eigenvalue weighted by Crippen LogP contribution is 2.26. The first kappa shape index (κ1) is 20.8. The Morgan fingerprint density at radius 2 is 1.89 bits per heavy atom. The molecule has 1 aromatic rings. The van der Waals surface area contributed by atoms with Crippen molar-refractivity contribution in [3.8, 4) is 6.07 Å². The van der Waals surface area contributed by atoms with Crippen LogP contribution < -0.4 is 4.90 Å². The van der Waals surface area contributed by atoms with Crippen molar-refractivity contribution in [2.24, 2.45) is 5.92 Å². The molecule has 2 atom stereocenters. The minimum absolute atomic E-state index is 0.156. The number of ether oxygens (including phenoxy) is 1. The molecule has 0 radical (unpaired) electrons. The number of nitrogens with one attached hydrogen (secondary N) is 1. The van der Waals surface area contributed by atoms with Gasteiger partial charge in [0, 0.05) is 11.4 Å². The van der Waals surface area contributed by atoms with Crippen molar-refractivity contribution in [1.29, 1.82) is 10.7 Å². The molecule has 9 heteroatoms. The summed E-state index contributed by atoms with van der Waals surface area (Å²) < 4.78 is 4.79. The van der Waals surface area contributed by atoms with E-state index in [4.69, 9.17) is 15.4 Å². The fourth-order valence-electron chi connectivity index (χ4n) is 2.73. The molecule has 1 fully saturated rings. The molecule has 1 aliphatic rings. The van der Waals surface area contributed by atoms with Gasteiger partial charge in [-0.05, 0) is 32.9 Å². The first-order chi connectivity index (χ1) is 13.2. The number of hydrogen-bond donors (Lipinski definition) is 1. The van der Waals surface area contributed by atoms with Gasteiger partial charge in [-0.3, -0.25) is 24.2 Å². The van der Waals surface area contributed by atoms with E-state index in [2.05, 4.69) is 0 Å². The van der Waals surface area contributed by atoms with Gasteiger partial charge in [0.1, 0.15) is 18.5 Å². The maximum atomic E-state index is 12.6. The van der Waals surface area contributed by atoms with E-state index in [1.165, 1.54) is 11.8 Å². The summed E-state index contributed by atoms with van der Waals surface area (Å²) >= 11 is 0. The molecule has 146 valence electrons. The number of benzene rings is 1. The predicted octanol–water partition coefficient (Wildman–Crippen LogP) is 1.44. The minimum atomic E-state index is -1.29. The molecule has 0 bridgehead atoms. The number of urea groups is 1. The van der Waals surface area contributed by atoms with Gasteiger partial charge in [-0.1, -0.05) is 17.7 Å². The van der Waals surface area contributed by atoms with Gasteiger partial charge in [-0.2, -0.15) is 5.26 Å². The van der Waals surface area contributed by atoms with Gasteiger partial charge in [0.05, 0.1) is 6.07 Å². The number of anilines is 1. The predicted molar refractivity (Wildman–Crippen MR) is 98.7 cm³/mol. The third-order valence-corrected chi connectivity index (χ3v) is 4.31. The number of hydrogen-bond acceptors (Lipinski definition) is 7. The van der Waals surface area contributed by atoms with Crippen molar-refractivity contribution >= 4 is 35.1 Å². The van der Waals surface area contributed by atoms with Crippen LogP contribution in [0.15, 0.2) is 24.3 Å². The average molecular weight is 384 g/mol. The van der Waals surface area contributed by atoms with Crippen LogP contribution in [0.4, 0.5) is 10.5 Å². The summed E-state index contributed by atoms with van der Waals surface area (Å²) in [6, 6.07) is 7.24. The van der Waals surface area contributed by atoms with Gasteiger partial charge in [-0.15, -0.1) is 0 Å². The maximum absolute atomic E-state index is 12.6. The normalized spacial score (nSPS) is 17.3. The van der Waals surface area contributed by atoms with Crippen LogP contribution in [0.25, 0.3) is 0 Å². The Morgan fingerprint density at radius 3 is 2.43 bits per heavy atom. The quantitative estimate of drug-likeness (QED) is 0.430. The summed E-state index contributed by atoms with van der Waals surface area (Å²) in [7, 11) is 0. The lowest BCUT2D eigenvalue weighted by Crippen LogP contribution is -2.38. The fourth-order valence-corrected chi connectivity index (χ4v) is 2.73. The molecular weight excluding hydrogens is 364 g/mol. The summed E-state index contributed by atoms with van der Waals surface area (Å²) in [5.41, 5.74) is 1.37. The van der Waals surface area contributed by atoms with Crippen LogP contribution >= 0.6 is 0 Å². The Kier molecular flexibility index (Phi) is 6.26. The number of nitriles is 1. The van der Waals surface area contributed by atoms with E-state index in [9.17, 15) is 19.2 Å². The number of ketones is 1. The number of amides is 3. The van der Waals surface area contributed by atoms with Crippen LogP contribution in [0, 0.1) is 29.6 Å². The molecular formula is C19H20N4O5. The molecule has 0 spiro atoms. The second-order valence-corrected chi connectivity index (χ2v) is 6.46. The van der Waals surface area contributed by atoms with E-state index in [1.54, 1.807) is 37.3 Å². The number of carbonyl (C=O) groups is 4. The number of esters is 1. The lowest BCUT2D eigenvalue weighted by Gasteiger charge is -2.19. The third kappa shape index (κ3) is 4.23. The molecule has 1 saturated heterocycles. The van der Waals surface area contributed by atoms with Crippen molar-refractivity contribution in [2.45, 2.75) is 26.8 Å². The first-order valence-electron chi connectivity index (χ1n) is 8.51. The molecule has 1 aliphatic heterocycles. The fraction of sp³-hybridized carbons (Fsp3) is 0.368. The van der Waals surface area contributed by atoms with Gasteiger partial charge >= 0.3 is 12.0 Å². The van der Waals surface area contributed by atoms with Gasteiger partial charge in [0.15, 0.2) is 12.4 Å². The van der Waals surface area contributed by atoms with Gasteiger partial charge in [-0.25, -0.2) is 4.79 Å². The molecule has 1 heterocycles. The molecule has 3 amide bonds. The molecule has 0 aromatic heterocycles. The van der Waals surface area contributed by atoms with E-state index in [-0.39, 0.29) is 5.71 Å². The Labute approximate surface area is 162 Å². The van der Waals surface area contributed by atoms with E-state index >= 15 is 0 Å². The molecule has 2 rings (SSSR count). The van der Waals surface area contributed by atoms with Crippen LogP contribution in [0.2, 0.25) is 0 Å². The number of imide groups is 1. The first-order valence-corrected chi connectivity index (χ1v) is 8.51. The van der Waals surface area contributed by atoms with Crippen LogP contribution in [0.1, 0.15) is 19.4 Å². The smallest absolute Gasteiger partial charge is 0.332 e. The summed E-state index contributed by atoms with van der Waals surface area (Å²) in [4.78, 5) is 50.9. The molecule has 1 N–H and O–H groups in total. The van der Waals surface area contributed by atoms with Crippen molar-refractivity contribution in [1.82, 2.24) is 4.90 Å². The lowest BCUT2D eigenvalue weighted by molar-refractivity contribution is -0.150. The third-order valence-electron chi connectivity index (χ3n) is 4.31. The Morgan fingerprint density at radius 1 is 1.29 bits per heavy atom. The molecule has 0 aliphatic carbocycles. The van der Waals surface area contributed by atoms with Crippen LogP contribution in [0.5, 0.6) is 0 Å². The van der Waals surface area contributed by atoms with Crippen molar-refractivity contribution < 1.29 is 23.9 Å². The highest BCUT2D eigenvalue weighted by Gasteiger charge is 2.44. The number of rotatable bonds is 7. The topological polar surface area (TPSA) is 132 Å². The highest BCUT2D eigenvalue weighted by molar-refractivity contribution is 6.15. The summed E-state index contributed by atoms with van der Waals surface area (Å²) in [6.45, 7) is 3.40. The van der Waals surface area contributed by atoms with E-state index in [1.807, 2.05) is 6.92 Å². The number of Topliss-reactive ketones (excluding diaryl/α,β-unsaturated/α-hetero) is 1. The Hall–Kier alpha value is -3.54. The zero-order chi connectivity index (χ0) is 21.0. The van der Waals surface area contributed by atoms with E-state index in [0.717, 1.165) is 10.5 Å². The van der Waals surface area contributed by atoms with E-state index in [0.29, 0.717) is 5.69 Å². The summed E-state index contributed by atoms with van der Waals surface area (Å²) in [6.07, 6.45) is 0. The molecule has 0 unspecified atom stereocenters. The maximum Gasteiger partial charge on any atom is 0.332 e. The summed E-state index contributed by atoms with van der Waals surface area (Å²) in [5, 5.41) is 16.2. The average Bonchev–Trinajstić information content (AvgIpc) is 2.85. The second kappa shape index (κ2) is 8.43. The highest BCUT2D eigenvalue weighted by atomic mass is 16.5. The SMILES string of the molecule is CC(=N)[C@@H](C#N)C(=O)COC(=O)CN1C(=O)[C@@H](C)N(c2ccc(C)cc2)C1=O. The van der Waals surface area contributed by atoms with Gasteiger partial charge in [0.2, 0.25) is 0 Å². The van der Waals surface area contributed by atoms with Crippen LogP contribution in [-0.4, -0.2) is 53.5 Å². The monoisotopic (exact) mass is 384 g/mol. The van der Waals surface area contributed by atoms with Gasteiger partial charge in [0.25, 0.3) is 5.91 Å². The largest absolute Gasteiger partial charge is 0.456 e. The van der Waals surface area contributed by atoms with Gasteiger partial charge < -0.3 is 10.1 Å². The molecule has 1 aromatic carbocycles. The zero-order valence-electron chi connectivity index (χ0n) is 15.8. The number of nitrogens with zero attached hydrogens (tertiary/aromatic N) is 3. The second-order valence-electron chi connectivity index (χ2n) is 6.46. The Balaban J connectivity index is 2.02. The lowest BCUT2D eigenvalue weighted by atomic mass is 10.0. The minimum Gasteiger partial charge on any atom is -0.456 e. The molecule has 0 saturated carbocycles. The zero-order valence-corrected chi connectivity index (χ0v) is 15.8. The summed E-state index contributed by atoms with van der Waals surface area (Å²) in [5.74, 6) is -3.54. The van der Waals surface area contributed by atoms with Crippen molar-refractivity contribution in [3.63, 3.8) is 0 Å². The van der Waals surface area contributed by atoms with Crippen LogP contribution in [-0.2, 0) is 19.1 Å². The Bertz CT molecular complexity index is 871. The standard InChI is InChI=1S/C19H20N4O5/c1-11-4-6-14(7-5-11)23-13(3)18(26)22(19(23)27)9-17(25)28-10-16(24)15(8-20)12(2)21/h4-7,13,15,21H,9-10H2,1-3H3/t13-,15-/m1/s1. The number of carbonyl (C=O) groups excluding carboxylic acids is 4. The number of aryl methyl sites for hydroxylation is 1. The van der Waals surface area contributed by atoms with Crippen molar-refractivity contribution in [2.75, 3.05) is 18.1 Å².